The lowest BCUT2D eigenvalue weighted by molar-refractivity contribution is -0.174. The van der Waals surface area contributed by atoms with E-state index in [-0.39, 0.29) is 25.8 Å². The molecule has 0 saturated carbocycles. The molecule has 2 atom stereocenters. The number of allylic oxidation sites excluding steroid dienone is 2. The fourth-order valence-electron chi connectivity index (χ4n) is 2.43. The number of hydrogen-bond acceptors (Lipinski definition) is 3. The zero-order valence-electron chi connectivity index (χ0n) is 16.5. The van der Waals surface area contributed by atoms with Gasteiger partial charge in [0.25, 0.3) is 0 Å². The highest BCUT2D eigenvalue weighted by Crippen LogP contribution is 2.16. The smallest absolute Gasteiger partial charge is 0.352 e. The highest BCUT2D eigenvalue weighted by atomic mass is 19.4. The first kappa shape index (κ1) is 27.5. The Morgan fingerprint density at radius 1 is 0.967 bits per heavy atom. The molecular formula is C18H25F6N3O3. The number of carbonyl (C=O) groups is 3. The van der Waals surface area contributed by atoms with Crippen molar-refractivity contribution in [1.29, 1.82) is 0 Å². The van der Waals surface area contributed by atoms with Crippen molar-refractivity contribution in [3.05, 3.63) is 24.3 Å². The molecule has 12 heteroatoms. The van der Waals surface area contributed by atoms with Crippen molar-refractivity contribution in [3.8, 4) is 0 Å². The maximum atomic E-state index is 12.5. The van der Waals surface area contributed by atoms with Crippen LogP contribution >= 0.6 is 0 Å². The third-order valence-electron chi connectivity index (χ3n) is 3.76. The van der Waals surface area contributed by atoms with Gasteiger partial charge in [0, 0.05) is 12.6 Å². The van der Waals surface area contributed by atoms with Gasteiger partial charge >= 0.3 is 24.2 Å². The summed E-state index contributed by atoms with van der Waals surface area (Å²) in [6, 6.07) is -1.99. The van der Waals surface area contributed by atoms with Crippen molar-refractivity contribution < 1.29 is 40.7 Å². The van der Waals surface area contributed by atoms with Crippen LogP contribution in [0.3, 0.4) is 0 Å². The molecule has 0 aliphatic carbocycles. The number of rotatable bonds is 11. The van der Waals surface area contributed by atoms with Crippen molar-refractivity contribution in [2.75, 3.05) is 6.54 Å². The Balaban J connectivity index is 4.84. The van der Waals surface area contributed by atoms with Crippen molar-refractivity contribution in [1.82, 2.24) is 16.0 Å². The summed E-state index contributed by atoms with van der Waals surface area (Å²) in [5.41, 5.74) is 0.856. The molecule has 2 unspecified atom stereocenters. The van der Waals surface area contributed by atoms with E-state index in [1.165, 1.54) is 6.08 Å². The second-order valence-electron chi connectivity index (χ2n) is 6.64. The van der Waals surface area contributed by atoms with Crippen molar-refractivity contribution in [2.45, 2.75) is 64.0 Å². The molecule has 0 aliphatic heterocycles. The lowest BCUT2D eigenvalue weighted by atomic mass is 10.1. The van der Waals surface area contributed by atoms with Gasteiger partial charge < -0.3 is 16.0 Å². The monoisotopic (exact) mass is 445 g/mol. The van der Waals surface area contributed by atoms with Crippen LogP contribution in [0.2, 0.25) is 0 Å². The number of hydrogen-bond donors (Lipinski definition) is 3. The minimum absolute atomic E-state index is 0.0157. The average Bonchev–Trinajstić information content (AvgIpc) is 2.58. The Morgan fingerprint density at radius 3 is 2.03 bits per heavy atom. The summed E-state index contributed by atoms with van der Waals surface area (Å²) < 4.78 is 73.8. The number of halogens is 6. The molecule has 0 heterocycles. The van der Waals surface area contributed by atoms with Crippen LogP contribution in [0.25, 0.3) is 0 Å². The molecule has 172 valence electrons. The summed E-state index contributed by atoms with van der Waals surface area (Å²) in [5, 5.41) is 5.69. The zero-order valence-corrected chi connectivity index (χ0v) is 16.5. The summed E-state index contributed by atoms with van der Waals surface area (Å²) in [6.45, 7) is 6.52. The van der Waals surface area contributed by atoms with Crippen molar-refractivity contribution in [3.63, 3.8) is 0 Å². The molecule has 0 bridgehead atoms. The molecule has 0 rings (SSSR count). The first-order valence-corrected chi connectivity index (χ1v) is 8.99. The molecule has 0 radical (unpaired) electrons. The fraction of sp³-hybridized carbons (Fsp3) is 0.611. The quantitative estimate of drug-likeness (QED) is 0.260. The molecule has 3 amide bonds. The van der Waals surface area contributed by atoms with E-state index in [0.717, 1.165) is 5.57 Å². The van der Waals surface area contributed by atoms with Crippen molar-refractivity contribution in [2.24, 2.45) is 0 Å². The lowest BCUT2D eigenvalue weighted by Crippen LogP contribution is -2.52. The minimum Gasteiger partial charge on any atom is -0.352 e. The van der Waals surface area contributed by atoms with Gasteiger partial charge in [-0.2, -0.15) is 26.3 Å². The first-order chi connectivity index (χ1) is 13.7. The molecule has 0 aromatic heterocycles. The highest BCUT2D eigenvalue weighted by Gasteiger charge is 2.41. The van der Waals surface area contributed by atoms with Crippen LogP contribution in [0.5, 0.6) is 0 Å². The van der Waals surface area contributed by atoms with Crippen LogP contribution in [0, 0.1) is 0 Å². The topological polar surface area (TPSA) is 87.3 Å². The average molecular weight is 445 g/mol. The minimum atomic E-state index is -5.20. The molecule has 30 heavy (non-hydrogen) atoms. The van der Waals surface area contributed by atoms with Gasteiger partial charge in [-0.1, -0.05) is 24.3 Å². The van der Waals surface area contributed by atoms with E-state index in [1.54, 1.807) is 30.6 Å². The molecule has 0 spiro atoms. The molecular weight excluding hydrogens is 420 g/mol. The fourth-order valence-corrected chi connectivity index (χ4v) is 2.43. The summed E-state index contributed by atoms with van der Waals surface area (Å²) in [5.74, 6) is -5.30. The molecule has 0 aliphatic rings. The van der Waals surface area contributed by atoms with E-state index in [0.29, 0.717) is 6.42 Å². The second kappa shape index (κ2) is 12.2. The standard InChI is InChI=1S/C18H25F6N3O3/c1-4-7-11(2)10-12(3)26-14(28)13(27-16(30)18(22,23)24)8-5-6-9-25-15(29)17(19,20)21/h4,7,12-13H,1,5-6,8-10H2,2-3H3,(H,25,29)(H,26,28)(H,27,30). The highest BCUT2D eigenvalue weighted by molar-refractivity contribution is 5.89. The molecule has 0 saturated heterocycles. The van der Waals surface area contributed by atoms with Crippen molar-refractivity contribution >= 4 is 17.7 Å². The van der Waals surface area contributed by atoms with Crippen LogP contribution in [0.15, 0.2) is 24.3 Å². The predicted molar refractivity (Wildman–Crippen MR) is 97.1 cm³/mol. The van der Waals surface area contributed by atoms with Crippen LogP contribution in [-0.2, 0) is 14.4 Å². The Morgan fingerprint density at radius 2 is 1.53 bits per heavy atom. The van der Waals surface area contributed by atoms with Gasteiger partial charge in [0.2, 0.25) is 5.91 Å². The molecule has 0 fully saturated rings. The number of unbranched alkanes of at least 4 members (excludes halogenated alkanes) is 1. The number of carbonyl (C=O) groups excluding carboxylic acids is 3. The van der Waals surface area contributed by atoms with Crippen LogP contribution in [0.1, 0.15) is 39.5 Å². The molecule has 6 nitrogen and oxygen atoms in total. The largest absolute Gasteiger partial charge is 0.471 e. The summed E-state index contributed by atoms with van der Waals surface area (Å²) >= 11 is 0. The van der Waals surface area contributed by atoms with Crippen LogP contribution in [-0.4, -0.2) is 48.7 Å². The second-order valence-corrected chi connectivity index (χ2v) is 6.64. The predicted octanol–water partition coefficient (Wildman–Crippen LogP) is 2.91. The Hall–Kier alpha value is -2.53. The third kappa shape index (κ3) is 11.5. The van der Waals surface area contributed by atoms with Gasteiger partial charge in [0.1, 0.15) is 6.04 Å². The molecule has 0 aromatic carbocycles. The van der Waals surface area contributed by atoms with Gasteiger partial charge in [-0.15, -0.1) is 0 Å². The van der Waals surface area contributed by atoms with Crippen LogP contribution in [0.4, 0.5) is 26.3 Å². The number of nitrogens with one attached hydrogen (secondary N) is 3. The maximum Gasteiger partial charge on any atom is 0.471 e. The van der Waals surface area contributed by atoms with Gasteiger partial charge in [-0.05, 0) is 39.5 Å². The van der Waals surface area contributed by atoms with E-state index < -0.39 is 42.2 Å². The molecule has 0 aromatic rings. The zero-order chi connectivity index (χ0) is 23.5. The van der Waals surface area contributed by atoms with E-state index in [9.17, 15) is 40.7 Å². The van der Waals surface area contributed by atoms with E-state index in [2.05, 4.69) is 11.9 Å². The van der Waals surface area contributed by atoms with Gasteiger partial charge in [-0.25, -0.2) is 0 Å². The summed E-state index contributed by atoms with van der Waals surface area (Å²) in [4.78, 5) is 34.2. The normalized spacial score (nSPS) is 14.5. The van der Waals surface area contributed by atoms with Gasteiger partial charge in [0.15, 0.2) is 0 Å². The summed E-state index contributed by atoms with van der Waals surface area (Å²) in [6.07, 6.45) is -6.94. The number of amides is 3. The lowest BCUT2D eigenvalue weighted by Gasteiger charge is -2.22. The first-order valence-electron chi connectivity index (χ1n) is 8.99. The van der Waals surface area contributed by atoms with Crippen LogP contribution < -0.4 is 16.0 Å². The van der Waals surface area contributed by atoms with Gasteiger partial charge in [0.05, 0.1) is 0 Å². The Kier molecular flexibility index (Phi) is 11.2. The SMILES string of the molecule is C=CC=C(C)CC(C)NC(=O)C(CCCCNC(=O)C(F)(F)F)NC(=O)C(F)(F)F. The third-order valence-corrected chi connectivity index (χ3v) is 3.76. The number of alkyl halides is 6. The van der Waals surface area contributed by atoms with Gasteiger partial charge in [-0.3, -0.25) is 14.4 Å². The summed E-state index contributed by atoms with van der Waals surface area (Å²) in [7, 11) is 0. The maximum absolute atomic E-state index is 12.5. The van der Waals surface area contributed by atoms with E-state index in [4.69, 9.17) is 0 Å². The molecule has 3 N–H and O–H groups in total. The van der Waals surface area contributed by atoms with E-state index in [1.807, 2.05) is 0 Å². The Labute approximate surface area is 170 Å². The van der Waals surface area contributed by atoms with E-state index >= 15 is 0 Å². The Bertz CT molecular complexity index is 644.